The molecule has 4 rings (SSSR count). The monoisotopic (exact) mass is 308 g/mol. The number of nitrogens with one attached hydrogen (secondary N) is 1. The van der Waals surface area contributed by atoms with Gasteiger partial charge in [-0.2, -0.15) is 0 Å². The Hall–Kier alpha value is -2.27. The molecule has 1 aliphatic carbocycles. The third-order valence-corrected chi connectivity index (χ3v) is 4.56. The highest BCUT2D eigenvalue weighted by Crippen LogP contribution is 2.28. The Morgan fingerprint density at radius 3 is 2.87 bits per heavy atom. The van der Waals surface area contributed by atoms with Gasteiger partial charge < -0.3 is 5.32 Å². The van der Waals surface area contributed by atoms with Crippen LogP contribution in [0.2, 0.25) is 0 Å². The van der Waals surface area contributed by atoms with Crippen LogP contribution >= 0.6 is 0 Å². The van der Waals surface area contributed by atoms with E-state index in [4.69, 9.17) is 0 Å². The third-order valence-electron chi connectivity index (χ3n) is 4.56. The van der Waals surface area contributed by atoms with Crippen LogP contribution in [0.3, 0.4) is 0 Å². The lowest BCUT2D eigenvalue weighted by Gasteiger charge is -2.34. The quantitative estimate of drug-likeness (QED) is 0.936. The lowest BCUT2D eigenvalue weighted by molar-refractivity contribution is -0.127. The molecule has 5 heteroatoms. The zero-order valence-corrected chi connectivity index (χ0v) is 13.0. The van der Waals surface area contributed by atoms with Crippen LogP contribution in [-0.4, -0.2) is 33.4 Å². The molecule has 0 saturated heterocycles. The minimum absolute atomic E-state index is 0.108. The molecule has 2 aromatic rings. The van der Waals surface area contributed by atoms with Crippen molar-refractivity contribution in [3.63, 3.8) is 0 Å². The Kier molecular flexibility index (Phi) is 3.79. The van der Waals surface area contributed by atoms with E-state index in [0.717, 1.165) is 37.1 Å². The van der Waals surface area contributed by atoms with Gasteiger partial charge in [-0.05, 0) is 30.4 Å². The van der Waals surface area contributed by atoms with Crippen LogP contribution in [0.1, 0.15) is 35.7 Å². The number of hydrogen-bond donors (Lipinski definition) is 1. The van der Waals surface area contributed by atoms with Gasteiger partial charge in [-0.15, -0.1) is 0 Å². The number of rotatable bonds is 4. The summed E-state index contributed by atoms with van der Waals surface area (Å²) in [6.45, 7) is 1.54. The van der Waals surface area contributed by atoms with Gasteiger partial charge in [-0.3, -0.25) is 9.69 Å². The lowest BCUT2D eigenvalue weighted by atomic mass is 9.99. The van der Waals surface area contributed by atoms with E-state index < -0.39 is 0 Å². The maximum atomic E-state index is 12.8. The molecule has 118 valence electrons. The molecule has 1 atom stereocenters. The molecule has 0 unspecified atom stereocenters. The van der Waals surface area contributed by atoms with Crippen molar-refractivity contribution in [2.45, 2.75) is 37.9 Å². The van der Waals surface area contributed by atoms with E-state index in [0.29, 0.717) is 12.6 Å². The van der Waals surface area contributed by atoms with E-state index in [2.05, 4.69) is 20.2 Å². The molecule has 1 aromatic heterocycles. The fourth-order valence-corrected chi connectivity index (χ4v) is 3.16. The van der Waals surface area contributed by atoms with Crippen LogP contribution in [0.25, 0.3) is 0 Å². The highest BCUT2D eigenvalue weighted by atomic mass is 16.2. The van der Waals surface area contributed by atoms with Crippen LogP contribution in [0.4, 0.5) is 0 Å². The van der Waals surface area contributed by atoms with E-state index >= 15 is 0 Å². The topological polar surface area (TPSA) is 58.1 Å². The third kappa shape index (κ3) is 3.10. The molecule has 23 heavy (non-hydrogen) atoms. The highest BCUT2D eigenvalue weighted by molar-refractivity contribution is 5.83. The van der Waals surface area contributed by atoms with Crippen LogP contribution in [0.15, 0.2) is 42.9 Å². The Bertz CT molecular complexity index is 699. The van der Waals surface area contributed by atoms with E-state index in [1.165, 1.54) is 5.56 Å². The number of aromatic nitrogens is 2. The first kappa shape index (κ1) is 14.3. The summed E-state index contributed by atoms with van der Waals surface area (Å²) in [6, 6.07) is 10.2. The van der Waals surface area contributed by atoms with E-state index in [1.54, 1.807) is 6.33 Å². The first-order valence-electron chi connectivity index (χ1n) is 8.18. The van der Waals surface area contributed by atoms with Crippen molar-refractivity contribution in [2.24, 2.45) is 0 Å². The second kappa shape index (κ2) is 6.08. The Morgan fingerprint density at radius 2 is 2.09 bits per heavy atom. The van der Waals surface area contributed by atoms with E-state index in [9.17, 15) is 4.79 Å². The summed E-state index contributed by atoms with van der Waals surface area (Å²) >= 11 is 0. The van der Waals surface area contributed by atoms with Crippen molar-refractivity contribution in [2.75, 3.05) is 6.54 Å². The number of nitrogens with zero attached hydrogens (tertiary/aromatic N) is 3. The predicted octanol–water partition coefficient (Wildman–Crippen LogP) is 1.85. The van der Waals surface area contributed by atoms with Gasteiger partial charge in [0, 0.05) is 25.3 Å². The number of benzene rings is 1. The Balaban J connectivity index is 1.61. The van der Waals surface area contributed by atoms with Gasteiger partial charge in [0.25, 0.3) is 0 Å². The molecule has 5 nitrogen and oxygen atoms in total. The lowest BCUT2D eigenvalue weighted by Crippen LogP contribution is -2.43. The molecule has 1 N–H and O–H groups in total. The first-order valence-corrected chi connectivity index (χ1v) is 8.18. The molecule has 2 heterocycles. The molecule has 1 aromatic carbocycles. The van der Waals surface area contributed by atoms with Crippen LogP contribution in [-0.2, 0) is 17.8 Å². The standard InChI is InChI=1S/C18H20N4O/c23-18(21-15-6-7-15)17(13-4-2-1-3-5-13)22-9-8-14-10-19-12-20-16(14)11-22/h1-5,10,12,15,17H,6-9,11H2,(H,21,23)/t17-/m0/s1. The van der Waals surface area contributed by atoms with Crippen LogP contribution in [0, 0.1) is 0 Å². The molecule has 0 bridgehead atoms. The number of carbonyl (C=O) groups is 1. The maximum Gasteiger partial charge on any atom is 0.242 e. The van der Waals surface area contributed by atoms with Crippen LogP contribution < -0.4 is 5.32 Å². The average Bonchev–Trinajstić information content (AvgIpc) is 3.40. The molecule has 2 aliphatic rings. The summed E-state index contributed by atoms with van der Waals surface area (Å²) in [5, 5.41) is 3.16. The summed E-state index contributed by atoms with van der Waals surface area (Å²) in [5.74, 6) is 0.108. The van der Waals surface area contributed by atoms with Gasteiger partial charge in [0.05, 0.1) is 5.69 Å². The van der Waals surface area contributed by atoms with Crippen molar-refractivity contribution >= 4 is 5.91 Å². The first-order chi connectivity index (χ1) is 11.3. The smallest absolute Gasteiger partial charge is 0.242 e. The van der Waals surface area contributed by atoms with Gasteiger partial charge >= 0.3 is 0 Å². The summed E-state index contributed by atoms with van der Waals surface area (Å²) in [6.07, 6.45) is 6.56. The normalized spacial score (nSPS) is 19.0. The summed E-state index contributed by atoms with van der Waals surface area (Å²) in [5.41, 5.74) is 3.27. The van der Waals surface area contributed by atoms with Crippen molar-refractivity contribution in [1.29, 1.82) is 0 Å². The van der Waals surface area contributed by atoms with Gasteiger partial charge in [0.2, 0.25) is 5.91 Å². The van der Waals surface area contributed by atoms with E-state index in [1.807, 2.05) is 36.5 Å². The SMILES string of the molecule is O=C(NC1CC1)[C@H](c1ccccc1)N1CCc2cncnc2C1. The summed E-state index contributed by atoms with van der Waals surface area (Å²) < 4.78 is 0. The molecule has 1 amide bonds. The minimum Gasteiger partial charge on any atom is -0.352 e. The van der Waals surface area contributed by atoms with Crippen molar-refractivity contribution in [3.05, 3.63) is 59.7 Å². The molecule has 0 radical (unpaired) electrons. The molecule has 0 spiro atoms. The largest absolute Gasteiger partial charge is 0.352 e. The molecule has 1 fully saturated rings. The zero-order valence-electron chi connectivity index (χ0n) is 13.0. The predicted molar refractivity (Wildman–Crippen MR) is 86.5 cm³/mol. The summed E-state index contributed by atoms with van der Waals surface area (Å²) in [7, 11) is 0. The number of carbonyl (C=O) groups excluding carboxylic acids is 1. The van der Waals surface area contributed by atoms with Crippen molar-refractivity contribution in [1.82, 2.24) is 20.2 Å². The zero-order chi connectivity index (χ0) is 15.6. The number of hydrogen-bond acceptors (Lipinski definition) is 4. The van der Waals surface area contributed by atoms with Crippen LogP contribution in [0.5, 0.6) is 0 Å². The maximum absolute atomic E-state index is 12.8. The van der Waals surface area contributed by atoms with Gasteiger partial charge in [-0.25, -0.2) is 9.97 Å². The molecular weight excluding hydrogens is 288 g/mol. The Labute approximate surface area is 135 Å². The second-order valence-corrected chi connectivity index (χ2v) is 6.31. The average molecular weight is 308 g/mol. The summed E-state index contributed by atoms with van der Waals surface area (Å²) in [4.78, 5) is 23.5. The van der Waals surface area contributed by atoms with Gasteiger partial charge in [0.15, 0.2) is 0 Å². The molecule has 1 aliphatic heterocycles. The van der Waals surface area contributed by atoms with Gasteiger partial charge in [-0.1, -0.05) is 30.3 Å². The highest BCUT2D eigenvalue weighted by Gasteiger charge is 2.33. The number of amides is 1. The van der Waals surface area contributed by atoms with Crippen molar-refractivity contribution < 1.29 is 4.79 Å². The van der Waals surface area contributed by atoms with Crippen molar-refractivity contribution in [3.8, 4) is 0 Å². The van der Waals surface area contributed by atoms with E-state index in [-0.39, 0.29) is 11.9 Å². The fraction of sp³-hybridized carbons (Fsp3) is 0.389. The van der Waals surface area contributed by atoms with Gasteiger partial charge in [0.1, 0.15) is 12.4 Å². The Morgan fingerprint density at radius 1 is 1.26 bits per heavy atom. The number of fused-ring (bicyclic) bond motifs is 1. The molecular formula is C18H20N4O. The fourth-order valence-electron chi connectivity index (χ4n) is 3.16. The second-order valence-electron chi connectivity index (χ2n) is 6.31. The minimum atomic E-state index is -0.250. The molecule has 1 saturated carbocycles.